The molecule has 0 N–H and O–H groups in total. The first-order chi connectivity index (χ1) is 8.72. The maximum atomic E-state index is 2.34. The topological polar surface area (TPSA) is 0 Å². The predicted molar refractivity (Wildman–Crippen MR) is 79.1 cm³/mol. The third-order valence-corrected chi connectivity index (χ3v) is 3.84. The van der Waals surface area contributed by atoms with Crippen molar-refractivity contribution in [2.24, 2.45) is 0 Å². The van der Waals surface area contributed by atoms with E-state index in [0.29, 0.717) is 11.8 Å². The second-order valence-electron chi connectivity index (χ2n) is 5.13. The van der Waals surface area contributed by atoms with E-state index in [4.69, 9.17) is 0 Å². The van der Waals surface area contributed by atoms with E-state index in [9.17, 15) is 0 Å². The fraction of sp³-hybridized carbons (Fsp3) is 0.333. The molecule has 0 aliphatic rings. The van der Waals surface area contributed by atoms with Crippen molar-refractivity contribution in [3.05, 3.63) is 71.3 Å². The molecule has 0 spiro atoms. The summed E-state index contributed by atoms with van der Waals surface area (Å²) in [6.07, 6.45) is 1.18. The van der Waals surface area contributed by atoms with Gasteiger partial charge < -0.3 is 0 Å². The van der Waals surface area contributed by atoms with Gasteiger partial charge in [0.1, 0.15) is 0 Å². The van der Waals surface area contributed by atoms with Gasteiger partial charge in [-0.15, -0.1) is 0 Å². The number of hydrogen-bond acceptors (Lipinski definition) is 0. The molecule has 2 aromatic rings. The summed E-state index contributed by atoms with van der Waals surface area (Å²) in [5.74, 6) is 1.17. The van der Waals surface area contributed by atoms with Gasteiger partial charge in [0, 0.05) is 0 Å². The molecule has 0 aliphatic heterocycles. The molecule has 0 saturated carbocycles. The van der Waals surface area contributed by atoms with E-state index >= 15 is 0 Å². The molecule has 0 nitrogen and oxygen atoms in total. The van der Waals surface area contributed by atoms with E-state index in [-0.39, 0.29) is 0 Å². The SMILES string of the molecule is CCC(c1ccccc1)C(C)c1cccc(C)c1. The van der Waals surface area contributed by atoms with E-state index in [2.05, 4.69) is 75.4 Å². The Balaban J connectivity index is 2.28. The highest BCUT2D eigenvalue weighted by Gasteiger charge is 2.18. The van der Waals surface area contributed by atoms with Gasteiger partial charge in [0.15, 0.2) is 0 Å². The lowest BCUT2D eigenvalue weighted by Gasteiger charge is -2.24. The molecule has 0 heterocycles. The van der Waals surface area contributed by atoms with Crippen LogP contribution in [0.2, 0.25) is 0 Å². The minimum Gasteiger partial charge on any atom is -0.0648 e. The van der Waals surface area contributed by atoms with E-state index in [1.807, 2.05) is 0 Å². The zero-order valence-electron chi connectivity index (χ0n) is 11.6. The molecule has 2 rings (SSSR count). The maximum absolute atomic E-state index is 2.34. The van der Waals surface area contributed by atoms with Gasteiger partial charge in [0.05, 0.1) is 0 Å². The Bertz CT molecular complexity index is 484. The van der Waals surface area contributed by atoms with Crippen molar-refractivity contribution >= 4 is 0 Å². The first kappa shape index (κ1) is 12.9. The first-order valence-corrected chi connectivity index (χ1v) is 6.84. The van der Waals surface area contributed by atoms with Crippen LogP contribution in [0.25, 0.3) is 0 Å². The Kier molecular flexibility index (Phi) is 4.19. The van der Waals surface area contributed by atoms with Crippen LogP contribution in [0.4, 0.5) is 0 Å². The van der Waals surface area contributed by atoms with Crippen LogP contribution in [0.5, 0.6) is 0 Å². The van der Waals surface area contributed by atoms with Crippen LogP contribution in [0.1, 0.15) is 48.8 Å². The molecule has 0 aromatic heterocycles. The van der Waals surface area contributed by atoms with Crippen molar-refractivity contribution in [2.45, 2.75) is 39.0 Å². The van der Waals surface area contributed by atoms with E-state index in [1.165, 1.54) is 23.1 Å². The van der Waals surface area contributed by atoms with Crippen molar-refractivity contribution in [2.75, 3.05) is 0 Å². The lowest BCUT2D eigenvalue weighted by atomic mass is 9.81. The summed E-state index contributed by atoms with van der Waals surface area (Å²) in [6, 6.07) is 19.8. The van der Waals surface area contributed by atoms with Gasteiger partial charge in [0.2, 0.25) is 0 Å². The maximum Gasteiger partial charge on any atom is -0.00984 e. The zero-order chi connectivity index (χ0) is 13.0. The molecule has 94 valence electrons. The number of aryl methyl sites for hydroxylation is 1. The highest BCUT2D eigenvalue weighted by Crippen LogP contribution is 2.35. The Morgan fingerprint density at radius 2 is 1.56 bits per heavy atom. The van der Waals surface area contributed by atoms with Gasteiger partial charge in [-0.25, -0.2) is 0 Å². The summed E-state index contributed by atoms with van der Waals surface area (Å²) >= 11 is 0. The lowest BCUT2D eigenvalue weighted by molar-refractivity contribution is 0.559. The minimum absolute atomic E-state index is 0.567. The van der Waals surface area contributed by atoms with Crippen LogP contribution in [0.3, 0.4) is 0 Å². The standard InChI is InChI=1S/C18H22/c1-4-18(16-10-6-5-7-11-16)15(3)17-12-8-9-14(2)13-17/h5-13,15,18H,4H2,1-3H3. The summed E-state index contributed by atoms with van der Waals surface area (Å²) in [7, 11) is 0. The van der Waals surface area contributed by atoms with Crippen molar-refractivity contribution in [1.29, 1.82) is 0 Å². The summed E-state index contributed by atoms with van der Waals surface area (Å²) in [5.41, 5.74) is 4.25. The first-order valence-electron chi connectivity index (χ1n) is 6.84. The summed E-state index contributed by atoms with van der Waals surface area (Å²) < 4.78 is 0. The van der Waals surface area contributed by atoms with Gasteiger partial charge in [-0.3, -0.25) is 0 Å². The molecule has 18 heavy (non-hydrogen) atoms. The van der Waals surface area contributed by atoms with Gasteiger partial charge in [-0.2, -0.15) is 0 Å². The molecule has 2 aromatic carbocycles. The van der Waals surface area contributed by atoms with Crippen molar-refractivity contribution in [1.82, 2.24) is 0 Å². The molecular formula is C18H22. The number of benzene rings is 2. The molecule has 0 bridgehead atoms. The van der Waals surface area contributed by atoms with Crippen LogP contribution in [-0.4, -0.2) is 0 Å². The van der Waals surface area contributed by atoms with Crippen LogP contribution >= 0.6 is 0 Å². The minimum atomic E-state index is 0.567. The van der Waals surface area contributed by atoms with Gasteiger partial charge >= 0.3 is 0 Å². The molecule has 0 amide bonds. The van der Waals surface area contributed by atoms with Crippen molar-refractivity contribution < 1.29 is 0 Å². The zero-order valence-corrected chi connectivity index (χ0v) is 11.6. The van der Waals surface area contributed by atoms with Crippen molar-refractivity contribution in [3.63, 3.8) is 0 Å². The third kappa shape index (κ3) is 2.81. The fourth-order valence-electron chi connectivity index (χ4n) is 2.76. The second kappa shape index (κ2) is 5.86. The highest BCUT2D eigenvalue weighted by atomic mass is 14.2. The normalized spacial score (nSPS) is 14.2. The third-order valence-electron chi connectivity index (χ3n) is 3.84. The predicted octanol–water partition coefficient (Wildman–Crippen LogP) is 5.29. The molecule has 0 saturated heterocycles. The van der Waals surface area contributed by atoms with E-state index < -0.39 is 0 Å². The van der Waals surface area contributed by atoms with Crippen molar-refractivity contribution in [3.8, 4) is 0 Å². The smallest absolute Gasteiger partial charge is 0.00984 e. The molecule has 2 atom stereocenters. The summed E-state index contributed by atoms with van der Waals surface area (Å²) in [4.78, 5) is 0. The van der Waals surface area contributed by atoms with Gasteiger partial charge in [-0.05, 0) is 36.3 Å². The largest absolute Gasteiger partial charge is 0.0648 e. The monoisotopic (exact) mass is 238 g/mol. The summed E-state index contributed by atoms with van der Waals surface area (Å²) in [5, 5.41) is 0. The molecule has 0 heteroatoms. The number of rotatable bonds is 4. The van der Waals surface area contributed by atoms with E-state index in [1.54, 1.807) is 0 Å². The number of hydrogen-bond donors (Lipinski definition) is 0. The molecular weight excluding hydrogens is 216 g/mol. The van der Waals surface area contributed by atoms with Crippen LogP contribution in [0.15, 0.2) is 54.6 Å². The van der Waals surface area contributed by atoms with Crippen LogP contribution < -0.4 is 0 Å². The molecule has 0 fully saturated rings. The second-order valence-corrected chi connectivity index (χ2v) is 5.13. The molecule has 0 radical (unpaired) electrons. The van der Waals surface area contributed by atoms with Crippen LogP contribution in [0, 0.1) is 6.92 Å². The highest BCUT2D eigenvalue weighted by molar-refractivity contribution is 5.30. The van der Waals surface area contributed by atoms with Gasteiger partial charge in [0.25, 0.3) is 0 Å². The molecule has 2 unspecified atom stereocenters. The quantitative estimate of drug-likeness (QED) is 0.678. The average Bonchev–Trinajstić information content (AvgIpc) is 2.41. The Morgan fingerprint density at radius 1 is 0.889 bits per heavy atom. The Labute approximate surface area is 111 Å². The molecule has 0 aliphatic carbocycles. The summed E-state index contributed by atoms with van der Waals surface area (Å²) in [6.45, 7) is 6.79. The van der Waals surface area contributed by atoms with E-state index in [0.717, 1.165) is 0 Å². The average molecular weight is 238 g/mol. The van der Waals surface area contributed by atoms with Crippen LogP contribution in [-0.2, 0) is 0 Å². The Morgan fingerprint density at radius 3 is 2.17 bits per heavy atom. The Hall–Kier alpha value is -1.56. The lowest BCUT2D eigenvalue weighted by Crippen LogP contribution is -2.07. The fourth-order valence-corrected chi connectivity index (χ4v) is 2.76. The van der Waals surface area contributed by atoms with Gasteiger partial charge in [-0.1, -0.05) is 74.0 Å².